The second kappa shape index (κ2) is 8.25. The van der Waals surface area contributed by atoms with Crippen LogP contribution in [0.2, 0.25) is 0 Å². The van der Waals surface area contributed by atoms with Crippen molar-refractivity contribution < 1.29 is 14.3 Å². The van der Waals surface area contributed by atoms with E-state index in [2.05, 4.69) is 10.3 Å². The van der Waals surface area contributed by atoms with Crippen LogP contribution in [0.25, 0.3) is 0 Å². The molecule has 0 fully saturated rings. The first-order valence-corrected chi connectivity index (χ1v) is 9.72. The fourth-order valence-electron chi connectivity index (χ4n) is 2.23. The van der Waals surface area contributed by atoms with Crippen LogP contribution in [-0.4, -0.2) is 16.9 Å². The number of aryl methyl sites for hydroxylation is 2. The number of ether oxygens (including phenoxy) is 1. The van der Waals surface area contributed by atoms with Gasteiger partial charge in [-0.2, -0.15) is 0 Å². The minimum Gasteiger partial charge on any atom is -0.455 e. The maximum absolute atomic E-state index is 12.1. The van der Waals surface area contributed by atoms with Crippen molar-refractivity contribution in [2.45, 2.75) is 26.9 Å². The van der Waals surface area contributed by atoms with Gasteiger partial charge in [0.1, 0.15) is 16.5 Å². The molecule has 0 spiro atoms. The Morgan fingerprint density at radius 1 is 1.12 bits per heavy atom. The Morgan fingerprint density at radius 2 is 1.88 bits per heavy atom. The number of carbonyl (C=O) groups is 2. The molecule has 1 amide bonds. The van der Waals surface area contributed by atoms with E-state index < -0.39 is 0 Å². The molecular weight excluding hydrogens is 368 g/mol. The minimum atomic E-state index is -0.352. The lowest BCUT2D eigenvalue weighted by Gasteiger charge is -2.04. The number of carbonyl (C=O) groups excluding carboxylic acids is 2. The smallest absolute Gasteiger partial charge is 0.348 e. The molecule has 134 valence electrons. The Kier molecular flexibility index (Phi) is 5.80. The Morgan fingerprint density at radius 3 is 2.58 bits per heavy atom. The van der Waals surface area contributed by atoms with E-state index in [-0.39, 0.29) is 24.9 Å². The Hall–Kier alpha value is -2.51. The zero-order valence-electron chi connectivity index (χ0n) is 14.4. The molecule has 0 saturated carbocycles. The van der Waals surface area contributed by atoms with Gasteiger partial charge < -0.3 is 10.1 Å². The number of esters is 1. The van der Waals surface area contributed by atoms with Gasteiger partial charge in [-0.3, -0.25) is 4.79 Å². The molecule has 0 bridgehead atoms. The van der Waals surface area contributed by atoms with Gasteiger partial charge in [-0.25, -0.2) is 9.78 Å². The first kappa shape index (κ1) is 18.3. The average Bonchev–Trinajstić information content (AvgIpc) is 3.24. The summed E-state index contributed by atoms with van der Waals surface area (Å²) in [5.41, 5.74) is 2.55. The summed E-state index contributed by atoms with van der Waals surface area (Å²) in [4.78, 5) is 30.0. The number of amides is 1. The zero-order valence-corrected chi connectivity index (χ0v) is 16.1. The van der Waals surface area contributed by atoms with Gasteiger partial charge in [0.25, 0.3) is 0 Å². The highest BCUT2D eigenvalue weighted by Crippen LogP contribution is 2.18. The lowest BCUT2D eigenvalue weighted by Crippen LogP contribution is -2.14. The fraction of sp³-hybridized carbons (Fsp3) is 0.211. The van der Waals surface area contributed by atoms with Gasteiger partial charge in [-0.05, 0) is 38.1 Å². The molecule has 1 aromatic carbocycles. The molecule has 0 aliphatic carbocycles. The van der Waals surface area contributed by atoms with Crippen LogP contribution in [-0.2, 0) is 22.6 Å². The third kappa shape index (κ3) is 5.00. The molecule has 5 nitrogen and oxygen atoms in total. The highest BCUT2D eigenvalue weighted by molar-refractivity contribution is 7.13. The summed E-state index contributed by atoms with van der Waals surface area (Å²) < 4.78 is 5.27. The number of hydrogen-bond donors (Lipinski definition) is 1. The number of thiazole rings is 1. The standard InChI is InChI=1S/C19H18N2O3S2/c1-12-3-6-14(7-4-12)20-17(22)9-18-21-15(11-25-18)10-24-19(23)16-8-5-13(2)26-16/h3-8,11H,9-10H2,1-2H3,(H,20,22). The van der Waals surface area contributed by atoms with Crippen LogP contribution in [0.5, 0.6) is 0 Å². The van der Waals surface area contributed by atoms with E-state index in [0.717, 1.165) is 16.1 Å². The van der Waals surface area contributed by atoms with Gasteiger partial charge in [0.2, 0.25) is 5.91 Å². The number of thiophene rings is 1. The molecule has 26 heavy (non-hydrogen) atoms. The highest BCUT2D eigenvalue weighted by Gasteiger charge is 2.12. The maximum Gasteiger partial charge on any atom is 0.348 e. The molecule has 0 aliphatic heterocycles. The number of benzene rings is 1. The summed E-state index contributed by atoms with van der Waals surface area (Å²) in [5.74, 6) is -0.476. The van der Waals surface area contributed by atoms with Crippen molar-refractivity contribution in [2.24, 2.45) is 0 Å². The van der Waals surface area contributed by atoms with E-state index >= 15 is 0 Å². The molecule has 3 aromatic rings. The number of nitrogens with one attached hydrogen (secondary N) is 1. The van der Waals surface area contributed by atoms with Gasteiger partial charge in [-0.1, -0.05) is 17.7 Å². The SMILES string of the molecule is Cc1ccc(NC(=O)Cc2nc(COC(=O)c3ccc(C)s3)cs2)cc1. The molecule has 7 heteroatoms. The van der Waals surface area contributed by atoms with Crippen molar-refractivity contribution in [3.8, 4) is 0 Å². The first-order chi connectivity index (χ1) is 12.5. The van der Waals surface area contributed by atoms with Gasteiger partial charge in [0, 0.05) is 15.9 Å². The molecule has 1 N–H and O–H groups in total. The van der Waals surface area contributed by atoms with Crippen LogP contribution in [0.3, 0.4) is 0 Å². The molecule has 0 unspecified atom stereocenters. The van der Waals surface area contributed by atoms with E-state index in [1.165, 1.54) is 22.7 Å². The second-order valence-corrected chi connectivity index (χ2v) is 8.04. The maximum atomic E-state index is 12.1. The summed E-state index contributed by atoms with van der Waals surface area (Å²) in [5, 5.41) is 5.34. The summed E-state index contributed by atoms with van der Waals surface area (Å²) in [6.45, 7) is 4.04. The zero-order chi connectivity index (χ0) is 18.5. The van der Waals surface area contributed by atoms with Crippen LogP contribution < -0.4 is 5.32 Å². The monoisotopic (exact) mass is 386 g/mol. The molecule has 2 aromatic heterocycles. The van der Waals surface area contributed by atoms with Crippen molar-refractivity contribution in [3.63, 3.8) is 0 Å². The van der Waals surface area contributed by atoms with Crippen LogP contribution in [0.4, 0.5) is 5.69 Å². The highest BCUT2D eigenvalue weighted by atomic mass is 32.1. The van der Waals surface area contributed by atoms with E-state index in [0.29, 0.717) is 15.6 Å². The second-order valence-electron chi connectivity index (χ2n) is 5.81. The van der Waals surface area contributed by atoms with Gasteiger partial charge >= 0.3 is 5.97 Å². The topological polar surface area (TPSA) is 68.3 Å². The van der Waals surface area contributed by atoms with Gasteiger partial charge in [0.05, 0.1) is 12.1 Å². The number of anilines is 1. The van der Waals surface area contributed by atoms with Crippen LogP contribution >= 0.6 is 22.7 Å². The quantitative estimate of drug-likeness (QED) is 0.639. The molecule has 0 radical (unpaired) electrons. The van der Waals surface area contributed by atoms with Crippen LogP contribution in [0.1, 0.15) is 30.8 Å². The van der Waals surface area contributed by atoms with Crippen molar-refractivity contribution in [3.05, 3.63) is 67.8 Å². The summed E-state index contributed by atoms with van der Waals surface area (Å²) in [6, 6.07) is 11.3. The number of hydrogen-bond acceptors (Lipinski definition) is 6. The van der Waals surface area contributed by atoms with E-state index in [1.54, 1.807) is 11.4 Å². The van der Waals surface area contributed by atoms with Crippen molar-refractivity contribution in [2.75, 3.05) is 5.32 Å². The Labute approximate surface area is 159 Å². The first-order valence-electron chi connectivity index (χ1n) is 8.03. The molecule has 0 atom stereocenters. The number of aromatic nitrogens is 1. The number of nitrogens with zero attached hydrogens (tertiary/aromatic N) is 1. The van der Waals surface area contributed by atoms with E-state index in [4.69, 9.17) is 4.74 Å². The van der Waals surface area contributed by atoms with Crippen LogP contribution in [0, 0.1) is 13.8 Å². The van der Waals surface area contributed by atoms with E-state index in [1.807, 2.05) is 44.2 Å². The molecular formula is C19H18N2O3S2. The summed E-state index contributed by atoms with van der Waals surface area (Å²) in [6.07, 6.45) is 0.191. The molecule has 2 heterocycles. The molecule has 0 saturated heterocycles. The number of rotatable bonds is 6. The van der Waals surface area contributed by atoms with E-state index in [9.17, 15) is 9.59 Å². The average molecular weight is 386 g/mol. The Balaban J connectivity index is 1.50. The Bertz CT molecular complexity index is 913. The van der Waals surface area contributed by atoms with Gasteiger partial charge in [-0.15, -0.1) is 22.7 Å². The minimum absolute atomic E-state index is 0.103. The van der Waals surface area contributed by atoms with Gasteiger partial charge in [0.15, 0.2) is 0 Å². The predicted octanol–water partition coefficient (Wildman–Crippen LogP) is 4.36. The third-order valence-electron chi connectivity index (χ3n) is 3.54. The largest absolute Gasteiger partial charge is 0.455 e. The molecule has 0 aliphatic rings. The third-order valence-corrected chi connectivity index (χ3v) is 5.42. The summed E-state index contributed by atoms with van der Waals surface area (Å²) >= 11 is 2.78. The summed E-state index contributed by atoms with van der Waals surface area (Å²) in [7, 11) is 0. The molecule has 3 rings (SSSR count). The van der Waals surface area contributed by atoms with Crippen molar-refractivity contribution >= 4 is 40.2 Å². The van der Waals surface area contributed by atoms with Crippen molar-refractivity contribution in [1.29, 1.82) is 0 Å². The lowest BCUT2D eigenvalue weighted by atomic mass is 10.2. The van der Waals surface area contributed by atoms with Crippen molar-refractivity contribution in [1.82, 2.24) is 4.98 Å². The lowest BCUT2D eigenvalue weighted by molar-refractivity contribution is -0.115. The van der Waals surface area contributed by atoms with Crippen LogP contribution in [0.15, 0.2) is 41.8 Å². The normalized spacial score (nSPS) is 10.5. The fourth-order valence-corrected chi connectivity index (χ4v) is 3.77. The predicted molar refractivity (Wildman–Crippen MR) is 104 cm³/mol.